The largest absolute Gasteiger partial charge is 0.398 e. The van der Waals surface area contributed by atoms with Crippen LogP contribution < -0.4 is 10.5 Å². The Morgan fingerprint density at radius 1 is 1.43 bits per heavy atom. The standard InChI is InChI=1S/C12H13BrFN3O2S2/c1-12(2,11-16-3-4-20-11)17-21(18,19)10-6-9(15)7(13)5-8(10)14/h3-6,17H,15H2,1-2H3. The van der Waals surface area contributed by atoms with Gasteiger partial charge >= 0.3 is 0 Å². The molecule has 114 valence electrons. The molecule has 0 unspecified atom stereocenters. The van der Waals surface area contributed by atoms with E-state index in [1.54, 1.807) is 25.4 Å². The average Bonchev–Trinajstić information content (AvgIpc) is 2.86. The number of benzene rings is 1. The summed E-state index contributed by atoms with van der Waals surface area (Å²) in [4.78, 5) is 3.59. The van der Waals surface area contributed by atoms with Crippen LogP contribution in [-0.4, -0.2) is 13.4 Å². The Balaban J connectivity index is 2.42. The molecule has 9 heteroatoms. The van der Waals surface area contributed by atoms with Crippen LogP contribution in [0.1, 0.15) is 18.9 Å². The minimum absolute atomic E-state index is 0.142. The minimum atomic E-state index is -4.07. The van der Waals surface area contributed by atoms with Gasteiger partial charge in [-0.05, 0) is 41.9 Å². The lowest BCUT2D eigenvalue weighted by atomic mass is 10.1. The molecular weight excluding hydrogens is 381 g/mol. The molecule has 0 aliphatic carbocycles. The molecule has 0 fully saturated rings. The van der Waals surface area contributed by atoms with E-state index in [0.717, 1.165) is 12.1 Å². The molecule has 0 aliphatic heterocycles. The molecular formula is C12H13BrFN3O2S2. The Labute approximate surface area is 134 Å². The summed E-state index contributed by atoms with van der Waals surface area (Å²) in [5.41, 5.74) is 4.81. The van der Waals surface area contributed by atoms with E-state index in [1.807, 2.05) is 0 Å². The number of halogens is 2. The van der Waals surface area contributed by atoms with Crippen molar-refractivity contribution in [3.8, 4) is 0 Å². The number of rotatable bonds is 4. The van der Waals surface area contributed by atoms with E-state index < -0.39 is 26.3 Å². The summed E-state index contributed by atoms with van der Waals surface area (Å²) >= 11 is 4.36. The highest BCUT2D eigenvalue weighted by atomic mass is 79.9. The highest BCUT2D eigenvalue weighted by Crippen LogP contribution is 2.29. The monoisotopic (exact) mass is 393 g/mol. The molecule has 1 aromatic carbocycles. The predicted molar refractivity (Wildman–Crippen MR) is 84.0 cm³/mol. The van der Waals surface area contributed by atoms with Gasteiger partial charge < -0.3 is 5.73 Å². The minimum Gasteiger partial charge on any atom is -0.398 e. The van der Waals surface area contributed by atoms with Gasteiger partial charge in [0.05, 0.1) is 5.54 Å². The number of nitrogens with one attached hydrogen (secondary N) is 1. The smallest absolute Gasteiger partial charge is 0.244 e. The van der Waals surface area contributed by atoms with E-state index in [-0.39, 0.29) is 5.69 Å². The fraction of sp³-hybridized carbons (Fsp3) is 0.250. The van der Waals surface area contributed by atoms with Crippen LogP contribution >= 0.6 is 27.3 Å². The second kappa shape index (κ2) is 5.64. The van der Waals surface area contributed by atoms with Crippen molar-refractivity contribution in [1.29, 1.82) is 0 Å². The van der Waals surface area contributed by atoms with Gasteiger partial charge in [-0.2, -0.15) is 4.72 Å². The summed E-state index contributed by atoms with van der Waals surface area (Å²) in [5, 5.41) is 2.32. The lowest BCUT2D eigenvalue weighted by molar-refractivity contribution is 0.466. The molecule has 5 nitrogen and oxygen atoms in total. The van der Waals surface area contributed by atoms with Crippen LogP contribution in [0.15, 0.2) is 33.1 Å². The Hall–Kier alpha value is -1.03. The number of hydrogen-bond donors (Lipinski definition) is 2. The zero-order valence-corrected chi connectivity index (χ0v) is 14.4. The number of nitrogens with zero attached hydrogens (tertiary/aromatic N) is 1. The van der Waals surface area contributed by atoms with Gasteiger partial charge in [-0.15, -0.1) is 11.3 Å². The van der Waals surface area contributed by atoms with Crippen molar-refractivity contribution in [3.63, 3.8) is 0 Å². The maximum absolute atomic E-state index is 13.9. The van der Waals surface area contributed by atoms with Crippen LogP contribution in [0.4, 0.5) is 10.1 Å². The summed E-state index contributed by atoms with van der Waals surface area (Å²) in [6, 6.07) is 2.11. The SMILES string of the molecule is CC(C)(NS(=O)(=O)c1cc(N)c(Br)cc1F)c1nccs1. The first-order valence-corrected chi connectivity index (χ1v) is 8.97. The highest BCUT2D eigenvalue weighted by molar-refractivity contribution is 9.10. The maximum atomic E-state index is 13.9. The van der Waals surface area contributed by atoms with Crippen LogP contribution in [0.3, 0.4) is 0 Å². The third-order valence-corrected chi connectivity index (χ3v) is 6.15. The average molecular weight is 394 g/mol. The van der Waals surface area contributed by atoms with Crippen LogP contribution in [0, 0.1) is 5.82 Å². The number of nitrogens with two attached hydrogens (primary N) is 1. The van der Waals surface area contributed by atoms with Gasteiger partial charge in [0.1, 0.15) is 15.7 Å². The second-order valence-electron chi connectivity index (χ2n) is 4.87. The molecule has 0 aliphatic rings. The fourth-order valence-electron chi connectivity index (χ4n) is 1.72. The molecule has 0 saturated heterocycles. The van der Waals surface area contributed by atoms with E-state index in [0.29, 0.717) is 9.48 Å². The van der Waals surface area contributed by atoms with Crippen LogP contribution in [-0.2, 0) is 15.6 Å². The van der Waals surface area contributed by atoms with E-state index in [2.05, 4.69) is 25.6 Å². The summed E-state index contributed by atoms with van der Waals surface area (Å²) in [6.45, 7) is 3.31. The van der Waals surface area contributed by atoms with Gasteiger partial charge in [0, 0.05) is 21.7 Å². The number of sulfonamides is 1. The quantitative estimate of drug-likeness (QED) is 0.781. The van der Waals surface area contributed by atoms with Gasteiger partial charge in [-0.3, -0.25) is 0 Å². The number of aromatic nitrogens is 1. The van der Waals surface area contributed by atoms with E-state index >= 15 is 0 Å². The Kier molecular flexibility index (Phi) is 4.39. The topological polar surface area (TPSA) is 85.1 Å². The Bertz CT molecular complexity index is 761. The molecule has 2 aromatic rings. The van der Waals surface area contributed by atoms with Crippen molar-refractivity contribution in [2.75, 3.05) is 5.73 Å². The first kappa shape index (κ1) is 16.3. The van der Waals surface area contributed by atoms with Gasteiger partial charge in [0.2, 0.25) is 10.0 Å². The number of anilines is 1. The zero-order chi connectivity index (χ0) is 15.8. The highest BCUT2D eigenvalue weighted by Gasteiger charge is 2.31. The van der Waals surface area contributed by atoms with Crippen molar-refractivity contribution < 1.29 is 12.8 Å². The zero-order valence-electron chi connectivity index (χ0n) is 11.2. The Morgan fingerprint density at radius 2 is 2.10 bits per heavy atom. The van der Waals surface area contributed by atoms with Gasteiger partial charge in [-0.25, -0.2) is 17.8 Å². The van der Waals surface area contributed by atoms with Crippen LogP contribution in [0.25, 0.3) is 0 Å². The maximum Gasteiger partial charge on any atom is 0.244 e. The van der Waals surface area contributed by atoms with Crippen molar-refractivity contribution in [2.24, 2.45) is 0 Å². The second-order valence-corrected chi connectivity index (χ2v) is 8.27. The third kappa shape index (κ3) is 3.42. The molecule has 0 spiro atoms. The van der Waals surface area contributed by atoms with Gasteiger partial charge in [0.25, 0.3) is 0 Å². The molecule has 21 heavy (non-hydrogen) atoms. The molecule has 1 aromatic heterocycles. The van der Waals surface area contributed by atoms with Crippen LogP contribution in [0.2, 0.25) is 0 Å². The van der Waals surface area contributed by atoms with Crippen molar-refractivity contribution >= 4 is 43.0 Å². The summed E-state index contributed by atoms with van der Waals surface area (Å²) < 4.78 is 41.4. The Morgan fingerprint density at radius 3 is 2.67 bits per heavy atom. The predicted octanol–water partition coefficient (Wildman–Crippen LogP) is 2.84. The van der Waals surface area contributed by atoms with Gasteiger partial charge in [0.15, 0.2) is 0 Å². The lowest BCUT2D eigenvalue weighted by Gasteiger charge is -2.23. The molecule has 1 heterocycles. The molecule has 0 radical (unpaired) electrons. The summed E-state index contributed by atoms with van der Waals surface area (Å²) in [6.07, 6.45) is 1.58. The van der Waals surface area contributed by atoms with Crippen molar-refractivity contribution in [2.45, 2.75) is 24.3 Å². The van der Waals surface area contributed by atoms with Gasteiger partial charge in [-0.1, -0.05) is 0 Å². The van der Waals surface area contributed by atoms with E-state index in [9.17, 15) is 12.8 Å². The van der Waals surface area contributed by atoms with E-state index in [4.69, 9.17) is 5.73 Å². The molecule has 3 N–H and O–H groups in total. The number of hydrogen-bond acceptors (Lipinski definition) is 5. The first-order chi connectivity index (χ1) is 9.63. The first-order valence-electron chi connectivity index (χ1n) is 5.82. The third-order valence-electron chi connectivity index (χ3n) is 2.70. The molecule has 0 bridgehead atoms. The normalized spacial score (nSPS) is 12.6. The molecule has 0 atom stereocenters. The van der Waals surface area contributed by atoms with Crippen molar-refractivity contribution in [1.82, 2.24) is 9.71 Å². The fourth-order valence-corrected chi connectivity index (χ4v) is 4.29. The molecule has 0 saturated carbocycles. The number of nitrogen functional groups attached to an aromatic ring is 1. The van der Waals surface area contributed by atoms with Crippen molar-refractivity contribution in [3.05, 3.63) is 39.0 Å². The summed E-state index contributed by atoms with van der Waals surface area (Å²) in [7, 11) is -4.07. The van der Waals surface area contributed by atoms with E-state index in [1.165, 1.54) is 11.3 Å². The number of thiazole rings is 1. The molecule has 0 amide bonds. The molecule has 2 rings (SSSR count). The lowest BCUT2D eigenvalue weighted by Crippen LogP contribution is -2.41. The van der Waals surface area contributed by atoms with Crippen LogP contribution in [0.5, 0.6) is 0 Å². The summed E-state index contributed by atoms with van der Waals surface area (Å²) in [5.74, 6) is -0.876.